The zero-order valence-electron chi connectivity index (χ0n) is 11.7. The van der Waals surface area contributed by atoms with Gasteiger partial charge in [0.15, 0.2) is 0 Å². The third kappa shape index (κ3) is 2.48. The molecule has 0 bridgehead atoms. The molecule has 2 unspecified atom stereocenters. The predicted molar refractivity (Wildman–Crippen MR) is 80.9 cm³/mol. The maximum absolute atomic E-state index is 12.9. The van der Waals surface area contributed by atoms with Gasteiger partial charge in [0, 0.05) is 0 Å². The van der Waals surface area contributed by atoms with Crippen molar-refractivity contribution in [2.24, 2.45) is 0 Å². The number of carboxylic acid groups (broad SMARTS) is 1. The lowest BCUT2D eigenvalue weighted by atomic mass is 10.0. The minimum Gasteiger partial charge on any atom is -0.478 e. The van der Waals surface area contributed by atoms with Crippen molar-refractivity contribution in [2.75, 3.05) is 17.2 Å². The van der Waals surface area contributed by atoms with E-state index >= 15 is 0 Å². The molecule has 0 aliphatic carbocycles. The first-order valence-corrected chi connectivity index (χ1v) is 7.94. The van der Waals surface area contributed by atoms with Crippen LogP contribution in [0.4, 0.5) is 5.69 Å². The van der Waals surface area contributed by atoms with Gasteiger partial charge in [0.05, 0.1) is 17.0 Å². The molecule has 2 aliphatic heterocycles. The molecule has 2 atom stereocenters. The molecule has 2 heterocycles. The third-order valence-electron chi connectivity index (χ3n) is 3.97. The maximum Gasteiger partial charge on any atom is 0.346 e. The topological polar surface area (TPSA) is 66.8 Å². The number of ether oxygens (including phenoxy) is 1. The number of hydrogen-bond donors (Lipinski definition) is 1. The summed E-state index contributed by atoms with van der Waals surface area (Å²) >= 11 is 1.65. The third-order valence-corrected chi connectivity index (χ3v) is 5.47. The molecule has 1 N–H and O–H groups in total. The van der Waals surface area contributed by atoms with Crippen molar-refractivity contribution >= 4 is 29.3 Å². The fraction of sp³-hybridized carbons (Fsp3) is 0.467. The van der Waals surface area contributed by atoms with E-state index < -0.39 is 16.8 Å². The Balaban J connectivity index is 1.96. The van der Waals surface area contributed by atoms with Gasteiger partial charge >= 0.3 is 5.97 Å². The molecular weight excluding hydrogens is 290 g/mol. The minimum absolute atomic E-state index is 0.0213. The van der Waals surface area contributed by atoms with Gasteiger partial charge in [-0.1, -0.05) is 12.1 Å². The van der Waals surface area contributed by atoms with E-state index in [-0.39, 0.29) is 12.5 Å². The monoisotopic (exact) mass is 307 g/mol. The number of benzene rings is 1. The van der Waals surface area contributed by atoms with Crippen molar-refractivity contribution in [3.8, 4) is 5.75 Å². The van der Waals surface area contributed by atoms with E-state index in [2.05, 4.69) is 0 Å². The van der Waals surface area contributed by atoms with E-state index in [0.717, 1.165) is 18.6 Å². The molecule has 1 aromatic carbocycles. The Labute approximate surface area is 127 Å². The van der Waals surface area contributed by atoms with Crippen LogP contribution in [0.5, 0.6) is 5.75 Å². The number of carbonyl (C=O) groups is 2. The standard InChI is InChI=1S/C15H17NO4S/c1-15(7-4-8-21-15)14(19)16-9-12(13(17)18)20-11-6-3-2-5-10(11)16/h2-3,5-6,12H,4,7-9H2,1H3,(H,17,18). The van der Waals surface area contributed by atoms with Crippen molar-refractivity contribution in [1.82, 2.24) is 0 Å². The van der Waals surface area contributed by atoms with Gasteiger partial charge < -0.3 is 14.7 Å². The van der Waals surface area contributed by atoms with Crippen LogP contribution >= 0.6 is 11.8 Å². The molecule has 5 nitrogen and oxygen atoms in total. The highest BCUT2D eigenvalue weighted by Crippen LogP contribution is 2.42. The first kappa shape index (κ1) is 14.3. The number of rotatable bonds is 2. The number of carboxylic acids is 1. The number of para-hydroxylation sites is 2. The van der Waals surface area contributed by atoms with Gasteiger partial charge in [0.2, 0.25) is 12.0 Å². The number of nitrogens with zero attached hydrogens (tertiary/aromatic N) is 1. The molecule has 0 radical (unpaired) electrons. The van der Waals surface area contributed by atoms with Crippen LogP contribution in [-0.2, 0) is 9.59 Å². The van der Waals surface area contributed by atoms with Crippen LogP contribution in [0.1, 0.15) is 19.8 Å². The number of aliphatic carboxylic acids is 1. The van der Waals surface area contributed by atoms with E-state index in [1.807, 2.05) is 13.0 Å². The van der Waals surface area contributed by atoms with Crippen molar-refractivity contribution in [1.29, 1.82) is 0 Å². The molecule has 2 aliphatic rings. The molecule has 0 spiro atoms. The Morgan fingerprint density at radius 3 is 2.86 bits per heavy atom. The van der Waals surface area contributed by atoms with Crippen molar-refractivity contribution in [2.45, 2.75) is 30.6 Å². The highest BCUT2D eigenvalue weighted by Gasteiger charge is 2.44. The second-order valence-electron chi connectivity index (χ2n) is 5.51. The average molecular weight is 307 g/mol. The van der Waals surface area contributed by atoms with Gasteiger partial charge in [0.25, 0.3) is 0 Å². The first-order valence-electron chi connectivity index (χ1n) is 6.96. The van der Waals surface area contributed by atoms with Gasteiger partial charge in [0.1, 0.15) is 5.75 Å². The molecule has 0 saturated carbocycles. The number of fused-ring (bicyclic) bond motifs is 1. The molecule has 3 rings (SSSR count). The lowest BCUT2D eigenvalue weighted by Gasteiger charge is -2.37. The highest BCUT2D eigenvalue weighted by atomic mass is 32.2. The van der Waals surface area contributed by atoms with E-state index in [9.17, 15) is 14.7 Å². The Morgan fingerprint density at radius 1 is 1.43 bits per heavy atom. The van der Waals surface area contributed by atoms with Crippen LogP contribution < -0.4 is 9.64 Å². The summed E-state index contributed by atoms with van der Waals surface area (Å²) < 4.78 is 5.00. The zero-order valence-corrected chi connectivity index (χ0v) is 12.6. The fourth-order valence-corrected chi connectivity index (χ4v) is 4.05. The second-order valence-corrected chi connectivity index (χ2v) is 7.11. The molecule has 21 heavy (non-hydrogen) atoms. The summed E-state index contributed by atoms with van der Waals surface area (Å²) in [5, 5.41) is 9.22. The van der Waals surface area contributed by atoms with E-state index in [1.54, 1.807) is 34.9 Å². The summed E-state index contributed by atoms with van der Waals surface area (Å²) in [6.07, 6.45) is 0.827. The lowest BCUT2D eigenvalue weighted by molar-refractivity contribution is -0.145. The molecule has 0 aromatic heterocycles. The van der Waals surface area contributed by atoms with Crippen molar-refractivity contribution < 1.29 is 19.4 Å². The normalized spacial score (nSPS) is 27.9. The van der Waals surface area contributed by atoms with E-state index in [1.165, 1.54) is 0 Å². The summed E-state index contributed by atoms with van der Waals surface area (Å²) in [4.78, 5) is 25.8. The van der Waals surface area contributed by atoms with Crippen LogP contribution in [0, 0.1) is 0 Å². The van der Waals surface area contributed by atoms with Crippen LogP contribution in [-0.4, -0.2) is 40.1 Å². The smallest absolute Gasteiger partial charge is 0.346 e. The Hall–Kier alpha value is -1.69. The molecule has 1 saturated heterocycles. The number of thioether (sulfide) groups is 1. The summed E-state index contributed by atoms with van der Waals surface area (Å²) in [6.45, 7) is 2.00. The average Bonchev–Trinajstić information content (AvgIpc) is 2.93. The van der Waals surface area contributed by atoms with Crippen LogP contribution in [0.2, 0.25) is 0 Å². The summed E-state index contributed by atoms with van der Waals surface area (Å²) in [5.74, 6) is 0.353. The largest absolute Gasteiger partial charge is 0.478 e. The molecule has 1 fully saturated rings. The Kier molecular flexibility index (Phi) is 3.57. The van der Waals surface area contributed by atoms with Crippen molar-refractivity contribution in [3.63, 3.8) is 0 Å². The van der Waals surface area contributed by atoms with Crippen molar-refractivity contribution in [3.05, 3.63) is 24.3 Å². The number of carbonyl (C=O) groups excluding carboxylic acids is 1. The first-order chi connectivity index (χ1) is 10.0. The van der Waals surface area contributed by atoms with Gasteiger partial charge in [-0.2, -0.15) is 0 Å². The Morgan fingerprint density at radius 2 is 2.19 bits per heavy atom. The highest BCUT2D eigenvalue weighted by molar-refractivity contribution is 8.01. The second kappa shape index (κ2) is 5.26. The molecule has 6 heteroatoms. The molecular formula is C15H17NO4S. The summed E-state index contributed by atoms with van der Waals surface area (Å²) in [7, 11) is 0. The van der Waals surface area contributed by atoms with Gasteiger partial charge in [-0.15, -0.1) is 11.8 Å². The van der Waals surface area contributed by atoms with Crippen LogP contribution in [0.25, 0.3) is 0 Å². The van der Waals surface area contributed by atoms with E-state index in [4.69, 9.17) is 4.74 Å². The van der Waals surface area contributed by atoms with E-state index in [0.29, 0.717) is 11.4 Å². The number of anilines is 1. The SMILES string of the molecule is CC1(C(=O)N2CC(C(=O)O)Oc3ccccc32)CCCS1. The quantitative estimate of drug-likeness (QED) is 0.907. The summed E-state index contributed by atoms with van der Waals surface area (Å²) in [6, 6.07) is 7.11. The van der Waals surface area contributed by atoms with Gasteiger partial charge in [-0.05, 0) is 37.7 Å². The van der Waals surface area contributed by atoms with Gasteiger partial charge in [-0.25, -0.2) is 4.79 Å². The lowest BCUT2D eigenvalue weighted by Crippen LogP contribution is -2.52. The number of amides is 1. The zero-order chi connectivity index (χ0) is 15.0. The predicted octanol–water partition coefficient (Wildman–Crippen LogP) is 2.15. The van der Waals surface area contributed by atoms with Crippen LogP contribution in [0.3, 0.4) is 0 Å². The maximum atomic E-state index is 12.9. The fourth-order valence-electron chi connectivity index (χ4n) is 2.79. The molecule has 1 amide bonds. The Bertz CT molecular complexity index is 583. The summed E-state index contributed by atoms with van der Waals surface area (Å²) in [5.41, 5.74) is 0.661. The molecule has 112 valence electrons. The number of hydrogen-bond acceptors (Lipinski definition) is 4. The molecule has 1 aromatic rings. The minimum atomic E-state index is -1.05. The van der Waals surface area contributed by atoms with Crippen LogP contribution in [0.15, 0.2) is 24.3 Å². The van der Waals surface area contributed by atoms with Gasteiger partial charge in [-0.3, -0.25) is 4.79 Å².